The molecule has 0 aliphatic carbocycles. The number of ether oxygens (including phenoxy) is 1. The van der Waals surface area contributed by atoms with Crippen LogP contribution in [0.4, 0.5) is 0 Å². The number of benzene rings is 1. The predicted molar refractivity (Wildman–Crippen MR) is 109 cm³/mol. The summed E-state index contributed by atoms with van der Waals surface area (Å²) in [6, 6.07) is 9.64. The van der Waals surface area contributed by atoms with E-state index in [4.69, 9.17) is 4.74 Å². The highest BCUT2D eigenvalue weighted by Gasteiger charge is 2.23. The molecule has 27 heavy (non-hydrogen) atoms. The van der Waals surface area contributed by atoms with E-state index in [-0.39, 0.29) is 5.75 Å². The SMILES string of the molecule is CCN1CCCCCC1c1ccc(-c2cc(S(=O)(=O)CC)ccc2OC)[nH]1. The summed E-state index contributed by atoms with van der Waals surface area (Å²) in [6.07, 6.45) is 4.92. The van der Waals surface area contributed by atoms with Crippen molar-refractivity contribution < 1.29 is 13.2 Å². The summed E-state index contributed by atoms with van der Waals surface area (Å²) in [7, 11) is -1.65. The van der Waals surface area contributed by atoms with Gasteiger partial charge in [0.15, 0.2) is 9.84 Å². The molecule has 1 atom stereocenters. The van der Waals surface area contributed by atoms with Gasteiger partial charge in [-0.1, -0.05) is 26.7 Å². The van der Waals surface area contributed by atoms with E-state index < -0.39 is 9.84 Å². The highest BCUT2D eigenvalue weighted by molar-refractivity contribution is 7.91. The van der Waals surface area contributed by atoms with Crippen molar-refractivity contribution in [3.63, 3.8) is 0 Å². The van der Waals surface area contributed by atoms with E-state index >= 15 is 0 Å². The van der Waals surface area contributed by atoms with E-state index in [1.807, 2.05) is 6.07 Å². The summed E-state index contributed by atoms with van der Waals surface area (Å²) in [5.74, 6) is 0.758. The number of aromatic amines is 1. The van der Waals surface area contributed by atoms with Gasteiger partial charge in [-0.15, -0.1) is 0 Å². The maximum atomic E-state index is 12.3. The number of rotatable bonds is 6. The maximum Gasteiger partial charge on any atom is 0.178 e. The molecule has 1 N–H and O–H groups in total. The quantitative estimate of drug-likeness (QED) is 0.793. The minimum Gasteiger partial charge on any atom is -0.496 e. The molecule has 0 radical (unpaired) electrons. The number of nitrogens with one attached hydrogen (secondary N) is 1. The first-order valence-corrected chi connectivity index (χ1v) is 11.5. The molecule has 0 bridgehead atoms. The van der Waals surface area contributed by atoms with Crippen molar-refractivity contribution in [3.8, 4) is 17.0 Å². The molecule has 0 saturated carbocycles. The van der Waals surface area contributed by atoms with E-state index in [1.54, 1.807) is 32.2 Å². The molecule has 0 amide bonds. The molecule has 3 rings (SSSR count). The zero-order valence-corrected chi connectivity index (χ0v) is 17.3. The Balaban J connectivity index is 1.99. The predicted octanol–water partition coefficient (Wildman–Crippen LogP) is 4.42. The monoisotopic (exact) mass is 390 g/mol. The molecule has 6 heteroatoms. The zero-order valence-electron chi connectivity index (χ0n) is 16.5. The molecule has 1 aromatic heterocycles. The van der Waals surface area contributed by atoms with Gasteiger partial charge >= 0.3 is 0 Å². The van der Waals surface area contributed by atoms with E-state index in [2.05, 4.69) is 22.9 Å². The number of methoxy groups -OCH3 is 1. The lowest BCUT2D eigenvalue weighted by atomic mass is 10.1. The number of aromatic nitrogens is 1. The van der Waals surface area contributed by atoms with Crippen LogP contribution in [0.15, 0.2) is 35.2 Å². The Morgan fingerprint density at radius 2 is 1.96 bits per heavy atom. The Morgan fingerprint density at radius 1 is 1.15 bits per heavy atom. The second-order valence-corrected chi connectivity index (χ2v) is 9.36. The third-order valence-corrected chi connectivity index (χ3v) is 7.27. The molecule has 1 fully saturated rings. The van der Waals surface area contributed by atoms with Crippen LogP contribution in [0.5, 0.6) is 5.75 Å². The van der Waals surface area contributed by atoms with Crippen molar-refractivity contribution in [2.75, 3.05) is 26.0 Å². The number of likely N-dealkylation sites (tertiary alicyclic amines) is 1. The molecule has 148 valence electrons. The van der Waals surface area contributed by atoms with Crippen LogP contribution in [0, 0.1) is 0 Å². The molecular weight excluding hydrogens is 360 g/mol. The Bertz CT molecular complexity index is 873. The lowest BCUT2D eigenvalue weighted by molar-refractivity contribution is 0.209. The fourth-order valence-electron chi connectivity index (χ4n) is 3.92. The molecule has 5 nitrogen and oxygen atoms in total. The number of hydrogen-bond acceptors (Lipinski definition) is 4. The van der Waals surface area contributed by atoms with Crippen LogP contribution in [-0.4, -0.2) is 44.3 Å². The molecule has 1 aliphatic heterocycles. The number of sulfone groups is 1. The van der Waals surface area contributed by atoms with Gasteiger partial charge in [-0.25, -0.2) is 8.42 Å². The first-order chi connectivity index (χ1) is 13.0. The molecule has 2 heterocycles. The average Bonchev–Trinajstić information content (AvgIpc) is 3.05. The third-order valence-electron chi connectivity index (χ3n) is 5.54. The number of H-pyrrole nitrogens is 1. The highest BCUT2D eigenvalue weighted by Crippen LogP contribution is 2.35. The van der Waals surface area contributed by atoms with Gasteiger partial charge in [0.2, 0.25) is 0 Å². The van der Waals surface area contributed by atoms with Gasteiger partial charge in [0, 0.05) is 23.0 Å². The van der Waals surface area contributed by atoms with E-state index in [0.717, 1.165) is 30.8 Å². The van der Waals surface area contributed by atoms with Crippen LogP contribution < -0.4 is 4.74 Å². The first kappa shape index (κ1) is 20.0. The minimum atomic E-state index is -3.26. The van der Waals surface area contributed by atoms with Gasteiger partial charge < -0.3 is 9.72 Å². The van der Waals surface area contributed by atoms with Crippen molar-refractivity contribution in [1.82, 2.24) is 9.88 Å². The normalized spacial score (nSPS) is 19.0. The lowest BCUT2D eigenvalue weighted by Crippen LogP contribution is -2.28. The van der Waals surface area contributed by atoms with Crippen LogP contribution in [0.25, 0.3) is 11.3 Å². The fraction of sp³-hybridized carbons (Fsp3) is 0.524. The van der Waals surface area contributed by atoms with Crippen molar-refractivity contribution in [1.29, 1.82) is 0 Å². The van der Waals surface area contributed by atoms with E-state index in [1.165, 1.54) is 25.0 Å². The van der Waals surface area contributed by atoms with E-state index in [9.17, 15) is 8.42 Å². The topological polar surface area (TPSA) is 62.4 Å². The van der Waals surface area contributed by atoms with Gasteiger partial charge in [0.05, 0.1) is 17.8 Å². The van der Waals surface area contributed by atoms with E-state index in [0.29, 0.717) is 16.7 Å². The van der Waals surface area contributed by atoms with Crippen LogP contribution >= 0.6 is 0 Å². The molecule has 1 aromatic carbocycles. The second-order valence-electron chi connectivity index (χ2n) is 7.09. The summed E-state index contributed by atoms with van der Waals surface area (Å²) in [4.78, 5) is 6.41. The van der Waals surface area contributed by atoms with Gasteiger partial charge in [0.25, 0.3) is 0 Å². The van der Waals surface area contributed by atoms with Crippen LogP contribution in [-0.2, 0) is 9.84 Å². The number of nitrogens with zero attached hydrogens (tertiary/aromatic N) is 1. The molecule has 2 aromatic rings. The standard InChI is InChI=1S/C21H30N2O3S/c1-4-23-14-8-6-7-9-20(23)19-12-11-18(22-19)17-15-16(27(24,25)5-2)10-13-21(17)26-3/h10-13,15,20,22H,4-9,14H2,1-3H3. The Kier molecular flexibility index (Phi) is 6.27. The molecular formula is C21H30N2O3S. The van der Waals surface area contributed by atoms with Gasteiger partial charge in [-0.2, -0.15) is 0 Å². The van der Waals surface area contributed by atoms with Crippen LogP contribution in [0.3, 0.4) is 0 Å². The lowest BCUT2D eigenvalue weighted by Gasteiger charge is -2.28. The molecule has 0 spiro atoms. The minimum absolute atomic E-state index is 0.0856. The summed E-state index contributed by atoms with van der Waals surface area (Å²) < 4.78 is 30.1. The zero-order chi connectivity index (χ0) is 19.4. The second kappa shape index (κ2) is 8.48. The molecule has 1 aliphatic rings. The Morgan fingerprint density at radius 3 is 2.67 bits per heavy atom. The molecule has 1 saturated heterocycles. The summed E-state index contributed by atoms with van der Waals surface area (Å²) in [5.41, 5.74) is 2.88. The summed E-state index contributed by atoms with van der Waals surface area (Å²) in [5, 5.41) is 0. The van der Waals surface area contributed by atoms with Gasteiger partial charge in [-0.05, 0) is 56.3 Å². The largest absolute Gasteiger partial charge is 0.496 e. The van der Waals surface area contributed by atoms with Crippen LogP contribution in [0.2, 0.25) is 0 Å². The summed E-state index contributed by atoms with van der Waals surface area (Å²) >= 11 is 0. The van der Waals surface area contributed by atoms with Crippen molar-refractivity contribution in [2.45, 2.75) is 50.5 Å². The van der Waals surface area contributed by atoms with Crippen molar-refractivity contribution in [2.24, 2.45) is 0 Å². The fourth-order valence-corrected chi connectivity index (χ4v) is 4.83. The Hall–Kier alpha value is -1.79. The third kappa shape index (κ3) is 4.22. The van der Waals surface area contributed by atoms with Crippen molar-refractivity contribution >= 4 is 9.84 Å². The van der Waals surface area contributed by atoms with Crippen LogP contribution in [0.1, 0.15) is 51.3 Å². The maximum absolute atomic E-state index is 12.3. The number of hydrogen-bond donors (Lipinski definition) is 1. The molecule has 1 unspecified atom stereocenters. The van der Waals surface area contributed by atoms with Gasteiger partial charge in [0.1, 0.15) is 5.75 Å². The Labute approximate surface area is 162 Å². The van der Waals surface area contributed by atoms with Gasteiger partial charge in [-0.3, -0.25) is 4.90 Å². The van der Waals surface area contributed by atoms with Crippen molar-refractivity contribution in [3.05, 3.63) is 36.0 Å². The first-order valence-electron chi connectivity index (χ1n) is 9.84. The highest BCUT2D eigenvalue weighted by atomic mass is 32.2. The smallest absolute Gasteiger partial charge is 0.178 e. The average molecular weight is 391 g/mol. The summed E-state index contributed by atoms with van der Waals surface area (Å²) in [6.45, 7) is 6.04.